The van der Waals surface area contributed by atoms with Crippen LogP contribution in [0.3, 0.4) is 0 Å². The average Bonchev–Trinajstić information content (AvgIpc) is 2.90. The van der Waals surface area contributed by atoms with E-state index in [2.05, 4.69) is 16.3 Å². The summed E-state index contributed by atoms with van der Waals surface area (Å²) in [6.07, 6.45) is 1.75. The zero-order chi connectivity index (χ0) is 27.3. The van der Waals surface area contributed by atoms with Gasteiger partial charge >= 0.3 is 26.4 Å². The lowest BCUT2D eigenvalue weighted by Gasteiger charge is -2.27. The minimum Gasteiger partial charge on any atom is -0.377 e. The molecule has 2 N–H and O–H groups in total. The summed E-state index contributed by atoms with van der Waals surface area (Å²) < 4.78 is 51.1. The average molecular weight is 589 g/mol. The van der Waals surface area contributed by atoms with Crippen molar-refractivity contribution >= 4 is 35.9 Å². The maximum Gasteiger partial charge on any atom is 0.528 e. The smallest absolute Gasteiger partial charge is 0.377 e. The second-order valence-electron chi connectivity index (χ2n) is 7.80. The maximum atomic E-state index is 5.95. The first kappa shape index (κ1) is 36.2. The third-order valence-corrected chi connectivity index (χ3v) is 16.1. The van der Waals surface area contributed by atoms with Crippen LogP contribution in [0.5, 0.6) is 0 Å². The van der Waals surface area contributed by atoms with Crippen molar-refractivity contribution in [2.24, 2.45) is 0 Å². The summed E-state index contributed by atoms with van der Waals surface area (Å²) in [5.74, 6) is 0.172. The topological polar surface area (TPSA) is 107 Å². The van der Waals surface area contributed by atoms with E-state index in [1.807, 2.05) is 26.5 Å². The molecule has 0 fully saturated rings. The van der Waals surface area contributed by atoms with Crippen LogP contribution in [0.15, 0.2) is 11.4 Å². The molecule has 0 saturated heterocycles. The standard InChI is InChI=1S/C21H52N2O9Si4/c1-10-30-36(31-11-2,32-12-3)20-17-33-21(22-15-13-18-34(24-4,25-5)26-6)23-16-14-19-35(27-7,28-8)29-9/h17,20-23H,10-16,18-19,33H2,1-9H3. The van der Waals surface area contributed by atoms with Gasteiger partial charge in [-0.15, -0.1) is 0 Å². The van der Waals surface area contributed by atoms with Crippen molar-refractivity contribution in [3.8, 4) is 0 Å². The summed E-state index contributed by atoms with van der Waals surface area (Å²) >= 11 is 0. The Morgan fingerprint density at radius 1 is 0.639 bits per heavy atom. The second kappa shape index (κ2) is 21.0. The van der Waals surface area contributed by atoms with Crippen LogP contribution in [0.1, 0.15) is 33.6 Å². The van der Waals surface area contributed by atoms with Gasteiger partial charge in [0.05, 0.1) is 9.52 Å². The first-order valence-electron chi connectivity index (χ1n) is 12.7. The molecule has 0 aromatic rings. The minimum absolute atomic E-state index is 0.172. The van der Waals surface area contributed by atoms with Crippen molar-refractivity contribution in [2.45, 2.75) is 51.5 Å². The highest BCUT2D eigenvalue weighted by Crippen LogP contribution is 2.16. The van der Waals surface area contributed by atoms with Crippen molar-refractivity contribution in [3.05, 3.63) is 11.4 Å². The van der Waals surface area contributed by atoms with E-state index in [4.69, 9.17) is 39.8 Å². The van der Waals surface area contributed by atoms with Gasteiger partial charge in [-0.1, -0.05) is 5.70 Å². The maximum absolute atomic E-state index is 5.95. The van der Waals surface area contributed by atoms with Crippen LogP contribution >= 0.6 is 0 Å². The Morgan fingerprint density at radius 2 is 1.00 bits per heavy atom. The molecule has 36 heavy (non-hydrogen) atoms. The van der Waals surface area contributed by atoms with E-state index < -0.39 is 35.9 Å². The lowest BCUT2D eigenvalue weighted by atomic mass is 10.4. The molecular formula is C21H52N2O9Si4. The highest BCUT2D eigenvalue weighted by molar-refractivity contribution is 6.67. The predicted molar refractivity (Wildman–Crippen MR) is 151 cm³/mol. The van der Waals surface area contributed by atoms with Crippen LogP contribution in [0.2, 0.25) is 12.1 Å². The van der Waals surface area contributed by atoms with Crippen LogP contribution in [-0.4, -0.2) is 117 Å². The van der Waals surface area contributed by atoms with Crippen molar-refractivity contribution < 1.29 is 39.8 Å². The Balaban J connectivity index is 5.16. The minimum atomic E-state index is -2.81. The molecule has 0 aromatic heterocycles. The van der Waals surface area contributed by atoms with Crippen molar-refractivity contribution in [1.29, 1.82) is 0 Å². The molecule has 0 spiro atoms. The summed E-state index contributed by atoms with van der Waals surface area (Å²) in [6, 6.07) is 1.48. The predicted octanol–water partition coefficient (Wildman–Crippen LogP) is 1.26. The SMILES string of the molecule is CCO[Si](C=C[SiH2]C(NCCC[Si](OC)(OC)OC)NCCC[Si](OC)(OC)OC)(OCC)OCC. The van der Waals surface area contributed by atoms with Crippen LogP contribution in [0, 0.1) is 0 Å². The molecule has 11 nitrogen and oxygen atoms in total. The molecule has 0 heterocycles. The van der Waals surface area contributed by atoms with E-state index in [0.717, 1.165) is 38.0 Å². The molecule has 15 heteroatoms. The molecule has 0 aliphatic heterocycles. The fourth-order valence-electron chi connectivity index (χ4n) is 3.73. The summed E-state index contributed by atoms with van der Waals surface area (Å²) in [5, 5.41) is 7.30. The van der Waals surface area contributed by atoms with Gasteiger partial charge in [-0.05, 0) is 52.4 Å². The van der Waals surface area contributed by atoms with Gasteiger partial charge in [-0.25, -0.2) is 0 Å². The Labute approximate surface area is 224 Å². The quantitative estimate of drug-likeness (QED) is 0.0914. The largest absolute Gasteiger partial charge is 0.528 e. The van der Waals surface area contributed by atoms with Crippen LogP contribution < -0.4 is 10.6 Å². The first-order chi connectivity index (χ1) is 17.3. The first-order valence-corrected chi connectivity index (χ1v) is 20.0. The zero-order valence-corrected chi connectivity index (χ0v) is 28.4. The lowest BCUT2D eigenvalue weighted by Crippen LogP contribution is -2.49. The van der Waals surface area contributed by atoms with Crippen molar-refractivity contribution in [2.75, 3.05) is 75.6 Å². The zero-order valence-electron chi connectivity index (χ0n) is 24.0. The Bertz CT molecular complexity index is 498. The van der Waals surface area contributed by atoms with Gasteiger partial charge < -0.3 is 50.5 Å². The second-order valence-corrected chi connectivity index (χ2v) is 18.1. The summed E-state index contributed by atoms with van der Waals surface area (Å²) in [5.41, 5.74) is 4.26. The molecule has 0 saturated carbocycles. The summed E-state index contributed by atoms with van der Waals surface area (Å²) in [6.45, 7) is 9.14. The number of hydrogen-bond donors (Lipinski definition) is 2. The van der Waals surface area contributed by atoms with Gasteiger partial charge in [-0.2, -0.15) is 0 Å². The van der Waals surface area contributed by atoms with Gasteiger partial charge in [0.2, 0.25) is 0 Å². The molecule has 0 unspecified atom stereocenters. The van der Waals surface area contributed by atoms with E-state index in [0.29, 0.717) is 19.8 Å². The molecule has 0 aliphatic rings. The highest BCUT2D eigenvalue weighted by atomic mass is 28.4. The van der Waals surface area contributed by atoms with Gasteiger partial charge in [-0.3, -0.25) is 0 Å². The summed E-state index contributed by atoms with van der Waals surface area (Å²) in [4.78, 5) is 0. The third-order valence-electron chi connectivity index (χ3n) is 5.70. The Hall–Kier alpha value is 0.168. The van der Waals surface area contributed by atoms with Gasteiger partial charge in [0.1, 0.15) is 0 Å². The lowest BCUT2D eigenvalue weighted by molar-refractivity contribution is 0.0843. The monoisotopic (exact) mass is 588 g/mol. The van der Waals surface area contributed by atoms with Gasteiger partial charge in [0.15, 0.2) is 0 Å². The summed E-state index contributed by atoms with van der Waals surface area (Å²) in [7, 11) is 1.16. The molecule has 0 aliphatic carbocycles. The number of hydrogen-bond acceptors (Lipinski definition) is 11. The van der Waals surface area contributed by atoms with Crippen LogP contribution in [0.25, 0.3) is 0 Å². The molecule has 0 aromatic carbocycles. The number of nitrogens with one attached hydrogen (secondary N) is 2. The highest BCUT2D eigenvalue weighted by Gasteiger charge is 2.38. The van der Waals surface area contributed by atoms with E-state index in [1.54, 1.807) is 42.7 Å². The molecule has 216 valence electrons. The number of rotatable bonds is 25. The van der Waals surface area contributed by atoms with E-state index in [9.17, 15) is 0 Å². The molecule has 0 radical (unpaired) electrons. The third kappa shape index (κ3) is 13.3. The van der Waals surface area contributed by atoms with Crippen molar-refractivity contribution in [3.63, 3.8) is 0 Å². The molecular weight excluding hydrogens is 537 g/mol. The molecule has 0 bridgehead atoms. The van der Waals surface area contributed by atoms with E-state index in [-0.39, 0.29) is 5.79 Å². The molecule has 0 rings (SSSR count). The van der Waals surface area contributed by atoms with Crippen LogP contribution in [0.4, 0.5) is 0 Å². The molecule has 0 amide bonds. The Kier molecular flexibility index (Phi) is 21.1. The van der Waals surface area contributed by atoms with Gasteiger partial charge in [0.25, 0.3) is 0 Å². The fourth-order valence-corrected chi connectivity index (χ4v) is 11.6. The fraction of sp³-hybridized carbons (Fsp3) is 0.905. The molecule has 0 atom stereocenters. The normalized spacial score (nSPS) is 13.7. The van der Waals surface area contributed by atoms with Crippen LogP contribution in [-0.2, 0) is 39.8 Å². The van der Waals surface area contributed by atoms with Gasteiger partial charge in [0, 0.05) is 80.4 Å². The van der Waals surface area contributed by atoms with Crippen molar-refractivity contribution in [1.82, 2.24) is 10.6 Å². The Morgan fingerprint density at radius 3 is 1.31 bits per heavy atom. The van der Waals surface area contributed by atoms with E-state index >= 15 is 0 Å². The van der Waals surface area contributed by atoms with E-state index in [1.165, 1.54) is 0 Å².